The van der Waals surface area contributed by atoms with Crippen LogP contribution in [0.3, 0.4) is 0 Å². The predicted molar refractivity (Wildman–Crippen MR) is 85.3 cm³/mol. The lowest BCUT2D eigenvalue weighted by Gasteiger charge is -2.27. The van der Waals surface area contributed by atoms with E-state index >= 15 is 0 Å². The molecule has 0 atom stereocenters. The molecule has 5 nitrogen and oxygen atoms in total. The summed E-state index contributed by atoms with van der Waals surface area (Å²) in [6.45, 7) is 4.75. The highest BCUT2D eigenvalue weighted by molar-refractivity contribution is 5.81. The number of aromatic nitrogens is 4. The summed E-state index contributed by atoms with van der Waals surface area (Å²) in [6.07, 6.45) is 2.96. The number of aryl methyl sites for hydroxylation is 2. The molecule has 0 spiro atoms. The molecule has 0 saturated carbocycles. The zero-order valence-corrected chi connectivity index (χ0v) is 13.0. The van der Waals surface area contributed by atoms with Gasteiger partial charge in [0.25, 0.3) is 0 Å². The first-order chi connectivity index (χ1) is 10.7. The molecule has 0 saturated heterocycles. The normalized spacial score (nSPS) is 15.2. The number of rotatable bonds is 2. The Labute approximate surface area is 129 Å². The van der Waals surface area contributed by atoms with Crippen molar-refractivity contribution in [2.24, 2.45) is 7.05 Å². The van der Waals surface area contributed by atoms with Crippen LogP contribution < -0.4 is 0 Å². The van der Waals surface area contributed by atoms with E-state index < -0.39 is 0 Å². The van der Waals surface area contributed by atoms with Gasteiger partial charge in [0.2, 0.25) is 0 Å². The fourth-order valence-corrected chi connectivity index (χ4v) is 3.23. The first kappa shape index (κ1) is 13.4. The zero-order chi connectivity index (χ0) is 15.1. The van der Waals surface area contributed by atoms with Crippen molar-refractivity contribution in [3.63, 3.8) is 0 Å². The first-order valence-corrected chi connectivity index (χ1v) is 7.65. The Bertz CT molecular complexity index is 836. The second kappa shape index (κ2) is 5.18. The highest BCUT2D eigenvalue weighted by Crippen LogP contribution is 2.22. The van der Waals surface area contributed by atoms with Crippen LogP contribution in [0.25, 0.3) is 10.9 Å². The van der Waals surface area contributed by atoms with Gasteiger partial charge in [0.15, 0.2) is 0 Å². The van der Waals surface area contributed by atoms with Crippen molar-refractivity contribution >= 4 is 10.9 Å². The third kappa shape index (κ3) is 2.27. The average Bonchev–Trinajstić information content (AvgIpc) is 2.84. The van der Waals surface area contributed by atoms with Crippen molar-refractivity contribution in [2.45, 2.75) is 26.4 Å². The van der Waals surface area contributed by atoms with Crippen molar-refractivity contribution in [1.29, 1.82) is 0 Å². The van der Waals surface area contributed by atoms with Crippen LogP contribution in [0.2, 0.25) is 0 Å². The maximum Gasteiger partial charge on any atom is 0.125 e. The second-order valence-electron chi connectivity index (χ2n) is 5.94. The van der Waals surface area contributed by atoms with Crippen molar-refractivity contribution in [3.8, 4) is 0 Å². The molecule has 1 aliphatic rings. The fourth-order valence-electron chi connectivity index (χ4n) is 3.23. The molecule has 0 unspecified atom stereocenters. The third-order valence-corrected chi connectivity index (χ3v) is 4.34. The van der Waals surface area contributed by atoms with E-state index in [-0.39, 0.29) is 0 Å². The van der Waals surface area contributed by atoms with Gasteiger partial charge in [-0.3, -0.25) is 9.58 Å². The molecule has 0 bridgehead atoms. The summed E-state index contributed by atoms with van der Waals surface area (Å²) in [4.78, 5) is 11.3. The Morgan fingerprint density at radius 3 is 3.00 bits per heavy atom. The molecule has 3 heterocycles. The Balaban J connectivity index is 1.60. The van der Waals surface area contributed by atoms with Gasteiger partial charge in [-0.15, -0.1) is 0 Å². The Kier molecular flexibility index (Phi) is 3.15. The van der Waals surface area contributed by atoms with E-state index in [1.165, 1.54) is 22.2 Å². The summed E-state index contributed by atoms with van der Waals surface area (Å²) < 4.78 is 1.97. The number of para-hydroxylation sites is 1. The summed E-state index contributed by atoms with van der Waals surface area (Å²) in [5, 5.41) is 5.94. The quantitative estimate of drug-likeness (QED) is 0.727. The molecule has 0 aliphatic carbocycles. The lowest BCUT2D eigenvalue weighted by atomic mass is 10.1. The Morgan fingerprint density at radius 2 is 2.09 bits per heavy atom. The van der Waals surface area contributed by atoms with Gasteiger partial charge in [-0.2, -0.15) is 5.10 Å². The summed E-state index contributed by atoms with van der Waals surface area (Å²) in [6, 6.07) is 8.41. The minimum absolute atomic E-state index is 0.864. The van der Waals surface area contributed by atoms with E-state index in [1.54, 1.807) is 0 Å². The van der Waals surface area contributed by atoms with Crippen LogP contribution >= 0.6 is 0 Å². The molecule has 0 amide bonds. The molecule has 112 valence electrons. The van der Waals surface area contributed by atoms with Crippen LogP contribution in [-0.4, -0.2) is 31.2 Å². The van der Waals surface area contributed by atoms with Gasteiger partial charge >= 0.3 is 0 Å². The number of benzene rings is 1. The molecule has 1 aliphatic heterocycles. The van der Waals surface area contributed by atoms with E-state index in [0.717, 1.165) is 37.6 Å². The van der Waals surface area contributed by atoms with E-state index in [0.29, 0.717) is 0 Å². The Hall–Kier alpha value is -2.27. The Morgan fingerprint density at radius 1 is 1.23 bits per heavy atom. The summed E-state index contributed by atoms with van der Waals surface area (Å²) in [7, 11) is 2.01. The smallest absolute Gasteiger partial charge is 0.125 e. The average molecular weight is 293 g/mol. The van der Waals surface area contributed by atoms with Crippen LogP contribution in [0.1, 0.15) is 22.8 Å². The molecule has 3 aromatic rings. The third-order valence-electron chi connectivity index (χ3n) is 4.34. The van der Waals surface area contributed by atoms with E-state index in [9.17, 15) is 0 Å². The molecular weight excluding hydrogens is 274 g/mol. The number of hydrogen-bond acceptors (Lipinski definition) is 4. The van der Waals surface area contributed by atoms with Crippen molar-refractivity contribution in [3.05, 3.63) is 53.2 Å². The molecule has 0 fully saturated rings. The van der Waals surface area contributed by atoms with Gasteiger partial charge in [0, 0.05) is 55.9 Å². The maximum atomic E-state index is 4.70. The predicted octanol–water partition coefficient (Wildman–Crippen LogP) is 2.23. The van der Waals surface area contributed by atoms with Crippen LogP contribution in [0, 0.1) is 6.92 Å². The number of nitrogens with zero attached hydrogens (tertiary/aromatic N) is 5. The SMILES string of the molecule is Cc1ncc2c(n1)CCN(Cc1nn(C)c3ccccc13)C2. The van der Waals surface area contributed by atoms with E-state index in [2.05, 4.69) is 39.1 Å². The molecular formula is C17H19N5. The van der Waals surface area contributed by atoms with Gasteiger partial charge in [0.05, 0.1) is 11.2 Å². The largest absolute Gasteiger partial charge is 0.293 e. The summed E-state index contributed by atoms with van der Waals surface area (Å²) in [5.74, 6) is 0.864. The minimum Gasteiger partial charge on any atom is -0.293 e. The summed E-state index contributed by atoms with van der Waals surface area (Å²) >= 11 is 0. The molecule has 0 radical (unpaired) electrons. The van der Waals surface area contributed by atoms with Crippen LogP contribution in [0.4, 0.5) is 0 Å². The first-order valence-electron chi connectivity index (χ1n) is 7.65. The van der Waals surface area contributed by atoms with E-state index in [4.69, 9.17) is 5.10 Å². The van der Waals surface area contributed by atoms with Crippen molar-refractivity contribution < 1.29 is 0 Å². The minimum atomic E-state index is 0.864. The topological polar surface area (TPSA) is 46.8 Å². The van der Waals surface area contributed by atoms with Gasteiger partial charge in [-0.1, -0.05) is 18.2 Å². The van der Waals surface area contributed by atoms with Crippen LogP contribution in [0.15, 0.2) is 30.5 Å². The highest BCUT2D eigenvalue weighted by atomic mass is 15.3. The van der Waals surface area contributed by atoms with Crippen LogP contribution in [-0.2, 0) is 26.6 Å². The lowest BCUT2D eigenvalue weighted by molar-refractivity contribution is 0.240. The molecule has 2 aromatic heterocycles. The standard InChI is InChI=1S/C17H19N5/c1-12-18-9-13-10-22(8-7-15(13)19-12)11-16-14-5-3-4-6-17(14)21(2)20-16/h3-6,9H,7-8,10-11H2,1-2H3. The highest BCUT2D eigenvalue weighted by Gasteiger charge is 2.20. The number of fused-ring (bicyclic) bond motifs is 2. The molecule has 1 aromatic carbocycles. The van der Waals surface area contributed by atoms with Crippen LogP contribution in [0.5, 0.6) is 0 Å². The van der Waals surface area contributed by atoms with Crippen molar-refractivity contribution in [1.82, 2.24) is 24.6 Å². The van der Waals surface area contributed by atoms with E-state index in [1.807, 2.05) is 24.9 Å². The second-order valence-corrected chi connectivity index (χ2v) is 5.94. The summed E-state index contributed by atoms with van der Waals surface area (Å²) in [5.41, 5.74) is 4.79. The maximum absolute atomic E-state index is 4.70. The van der Waals surface area contributed by atoms with Gasteiger partial charge in [-0.25, -0.2) is 9.97 Å². The lowest BCUT2D eigenvalue weighted by Crippen LogP contribution is -2.31. The van der Waals surface area contributed by atoms with Crippen molar-refractivity contribution in [2.75, 3.05) is 6.54 Å². The molecule has 4 rings (SSSR count). The molecule has 22 heavy (non-hydrogen) atoms. The monoisotopic (exact) mass is 293 g/mol. The fraction of sp³-hybridized carbons (Fsp3) is 0.353. The van der Waals surface area contributed by atoms with Gasteiger partial charge < -0.3 is 0 Å². The zero-order valence-electron chi connectivity index (χ0n) is 13.0. The molecule has 5 heteroatoms. The number of hydrogen-bond donors (Lipinski definition) is 0. The van der Waals surface area contributed by atoms with Gasteiger partial charge in [-0.05, 0) is 13.0 Å². The van der Waals surface area contributed by atoms with Gasteiger partial charge in [0.1, 0.15) is 5.82 Å². The molecule has 0 N–H and O–H groups in total.